The van der Waals surface area contributed by atoms with Crippen LogP contribution in [-0.4, -0.2) is 37.9 Å². The average molecular weight is 361 g/mol. The van der Waals surface area contributed by atoms with Crippen LogP contribution in [0, 0.1) is 5.92 Å². The molecule has 0 saturated carbocycles. The number of aromatic hydroxyl groups is 1. The van der Waals surface area contributed by atoms with Crippen LogP contribution in [0.1, 0.15) is 25.3 Å². The minimum atomic E-state index is -0.836. The van der Waals surface area contributed by atoms with E-state index in [1.165, 1.54) is 20.3 Å². The lowest BCUT2D eigenvalue weighted by Crippen LogP contribution is -2.39. The SMILES string of the molecule is C=C1NC(C)=C(C(=O)OC)C(c2ccc(O)c(OCC)c2)C1C(=O)OC. The van der Waals surface area contributed by atoms with Gasteiger partial charge in [-0.2, -0.15) is 0 Å². The summed E-state index contributed by atoms with van der Waals surface area (Å²) in [4.78, 5) is 24.8. The first-order valence-corrected chi connectivity index (χ1v) is 8.14. The quantitative estimate of drug-likeness (QED) is 0.777. The lowest BCUT2D eigenvalue weighted by molar-refractivity contribution is -0.145. The van der Waals surface area contributed by atoms with Crippen LogP contribution in [0.3, 0.4) is 0 Å². The van der Waals surface area contributed by atoms with Crippen molar-refractivity contribution in [1.29, 1.82) is 0 Å². The Kier molecular flexibility index (Phi) is 5.92. The van der Waals surface area contributed by atoms with Crippen LogP contribution >= 0.6 is 0 Å². The number of carbonyl (C=O) groups excluding carboxylic acids is 2. The van der Waals surface area contributed by atoms with Crippen LogP contribution in [0.15, 0.2) is 41.7 Å². The molecular formula is C19H23NO6. The van der Waals surface area contributed by atoms with Crippen molar-refractivity contribution in [2.45, 2.75) is 19.8 Å². The highest BCUT2D eigenvalue weighted by atomic mass is 16.5. The van der Waals surface area contributed by atoms with Crippen molar-refractivity contribution >= 4 is 11.9 Å². The predicted octanol–water partition coefficient (Wildman–Crippen LogP) is 2.23. The van der Waals surface area contributed by atoms with E-state index >= 15 is 0 Å². The largest absolute Gasteiger partial charge is 0.504 e. The standard InChI is InChI=1S/C19H23NO6/c1-6-26-14-9-12(7-8-13(14)21)17-15(18(22)24-4)10(2)20-11(3)16(17)19(23)25-5/h7-9,15,17,20-21H,2,6H2,1,3-5H3. The first-order chi connectivity index (χ1) is 12.3. The number of hydrogen-bond donors (Lipinski definition) is 2. The van der Waals surface area contributed by atoms with Gasteiger partial charge in [0.1, 0.15) is 5.92 Å². The van der Waals surface area contributed by atoms with E-state index in [1.54, 1.807) is 26.0 Å². The van der Waals surface area contributed by atoms with E-state index in [2.05, 4.69) is 11.9 Å². The highest BCUT2D eigenvalue weighted by Gasteiger charge is 2.42. The van der Waals surface area contributed by atoms with Gasteiger partial charge in [-0.25, -0.2) is 4.79 Å². The summed E-state index contributed by atoms with van der Waals surface area (Å²) in [5.74, 6) is -2.39. The van der Waals surface area contributed by atoms with Crippen molar-refractivity contribution in [3.05, 3.63) is 47.3 Å². The summed E-state index contributed by atoms with van der Waals surface area (Å²) in [7, 11) is 2.55. The van der Waals surface area contributed by atoms with E-state index in [0.29, 0.717) is 29.1 Å². The molecule has 0 amide bonds. The van der Waals surface area contributed by atoms with Gasteiger partial charge in [0.15, 0.2) is 11.5 Å². The van der Waals surface area contributed by atoms with Gasteiger partial charge in [-0.15, -0.1) is 0 Å². The van der Waals surface area contributed by atoms with E-state index in [9.17, 15) is 14.7 Å². The van der Waals surface area contributed by atoms with Gasteiger partial charge in [0, 0.05) is 17.3 Å². The topological polar surface area (TPSA) is 94.1 Å². The van der Waals surface area contributed by atoms with Gasteiger partial charge in [0.05, 0.1) is 26.4 Å². The van der Waals surface area contributed by atoms with Gasteiger partial charge in [0.25, 0.3) is 0 Å². The number of carbonyl (C=O) groups is 2. The smallest absolute Gasteiger partial charge is 0.336 e. The highest BCUT2D eigenvalue weighted by Crippen LogP contribution is 2.43. The second kappa shape index (κ2) is 7.95. The van der Waals surface area contributed by atoms with Gasteiger partial charge in [-0.3, -0.25) is 4.79 Å². The average Bonchev–Trinajstić information content (AvgIpc) is 2.62. The molecule has 0 radical (unpaired) electrons. The van der Waals surface area contributed by atoms with Crippen LogP contribution in [0.5, 0.6) is 11.5 Å². The van der Waals surface area contributed by atoms with Crippen LogP contribution in [-0.2, 0) is 19.1 Å². The Hall–Kier alpha value is -2.96. The minimum absolute atomic E-state index is 0.0294. The van der Waals surface area contributed by atoms with Crippen molar-refractivity contribution < 1.29 is 28.9 Å². The third kappa shape index (κ3) is 3.51. The molecule has 2 atom stereocenters. The summed E-state index contributed by atoms with van der Waals surface area (Å²) in [6, 6.07) is 4.70. The molecule has 7 nitrogen and oxygen atoms in total. The Balaban J connectivity index is 2.68. The molecule has 0 spiro atoms. The number of hydrogen-bond acceptors (Lipinski definition) is 7. The van der Waals surface area contributed by atoms with E-state index < -0.39 is 23.8 Å². The second-order valence-electron chi connectivity index (χ2n) is 5.82. The summed E-state index contributed by atoms with van der Waals surface area (Å²) in [5, 5.41) is 12.9. The van der Waals surface area contributed by atoms with Gasteiger partial charge >= 0.3 is 11.9 Å². The fourth-order valence-corrected chi connectivity index (χ4v) is 3.14. The second-order valence-corrected chi connectivity index (χ2v) is 5.82. The number of nitrogens with one attached hydrogen (secondary N) is 1. The molecule has 26 heavy (non-hydrogen) atoms. The van der Waals surface area contributed by atoms with Gasteiger partial charge < -0.3 is 24.6 Å². The Bertz CT molecular complexity index is 767. The van der Waals surface area contributed by atoms with Crippen molar-refractivity contribution in [3.63, 3.8) is 0 Å². The monoisotopic (exact) mass is 361 g/mol. The molecule has 1 aliphatic heterocycles. The molecule has 0 saturated heterocycles. The van der Waals surface area contributed by atoms with Crippen molar-refractivity contribution in [2.75, 3.05) is 20.8 Å². The van der Waals surface area contributed by atoms with E-state index in [4.69, 9.17) is 14.2 Å². The summed E-state index contributed by atoms with van der Waals surface area (Å²) in [5.41, 5.74) is 1.85. The number of esters is 2. The Morgan fingerprint density at radius 2 is 1.96 bits per heavy atom. The molecule has 1 aromatic carbocycles. The molecule has 7 heteroatoms. The zero-order valence-corrected chi connectivity index (χ0v) is 15.3. The third-order valence-electron chi connectivity index (χ3n) is 4.28. The predicted molar refractivity (Wildman–Crippen MR) is 94.5 cm³/mol. The number of ether oxygens (including phenoxy) is 3. The molecule has 1 aliphatic rings. The molecule has 0 bridgehead atoms. The van der Waals surface area contributed by atoms with Crippen LogP contribution < -0.4 is 10.1 Å². The number of phenolic OH excluding ortho intramolecular Hbond substituents is 1. The molecule has 0 aliphatic carbocycles. The number of phenols is 1. The summed E-state index contributed by atoms with van der Waals surface area (Å²) in [6.07, 6.45) is 0. The maximum Gasteiger partial charge on any atom is 0.336 e. The molecular weight excluding hydrogens is 338 g/mol. The zero-order chi connectivity index (χ0) is 19.4. The van der Waals surface area contributed by atoms with E-state index in [0.717, 1.165) is 0 Å². The summed E-state index contributed by atoms with van der Waals surface area (Å²) in [6.45, 7) is 7.77. The first kappa shape index (κ1) is 19.4. The van der Waals surface area contributed by atoms with Crippen LogP contribution in [0.4, 0.5) is 0 Å². The molecule has 2 N–H and O–H groups in total. The maximum atomic E-state index is 12.4. The molecule has 0 aromatic heterocycles. The number of methoxy groups -OCH3 is 2. The van der Waals surface area contributed by atoms with Gasteiger partial charge in [0.2, 0.25) is 0 Å². The third-order valence-corrected chi connectivity index (χ3v) is 4.28. The maximum absolute atomic E-state index is 12.4. The molecule has 140 valence electrons. The summed E-state index contributed by atoms with van der Waals surface area (Å²) >= 11 is 0. The van der Waals surface area contributed by atoms with E-state index in [1.807, 2.05) is 0 Å². The molecule has 1 aromatic rings. The summed E-state index contributed by atoms with van der Waals surface area (Å²) < 4.78 is 15.3. The number of benzene rings is 1. The minimum Gasteiger partial charge on any atom is -0.504 e. The number of allylic oxidation sites excluding steroid dienone is 1. The van der Waals surface area contributed by atoms with Crippen LogP contribution in [0.2, 0.25) is 0 Å². The van der Waals surface area contributed by atoms with Crippen molar-refractivity contribution in [1.82, 2.24) is 5.32 Å². The van der Waals surface area contributed by atoms with Crippen LogP contribution in [0.25, 0.3) is 0 Å². The molecule has 1 heterocycles. The normalized spacial score (nSPS) is 19.6. The Morgan fingerprint density at radius 3 is 2.54 bits per heavy atom. The lowest BCUT2D eigenvalue weighted by atomic mass is 9.75. The Morgan fingerprint density at radius 1 is 1.27 bits per heavy atom. The molecule has 0 fully saturated rings. The number of rotatable bonds is 5. The van der Waals surface area contributed by atoms with Gasteiger partial charge in [-0.1, -0.05) is 12.6 Å². The Labute approximate surface area is 152 Å². The fraction of sp³-hybridized carbons (Fsp3) is 0.368. The zero-order valence-electron chi connectivity index (χ0n) is 15.3. The first-order valence-electron chi connectivity index (χ1n) is 8.14. The molecule has 2 rings (SSSR count). The lowest BCUT2D eigenvalue weighted by Gasteiger charge is -2.34. The van der Waals surface area contributed by atoms with Crippen molar-refractivity contribution in [3.8, 4) is 11.5 Å². The van der Waals surface area contributed by atoms with Crippen molar-refractivity contribution in [2.24, 2.45) is 5.92 Å². The van der Waals surface area contributed by atoms with E-state index in [-0.39, 0.29) is 11.5 Å². The fourth-order valence-electron chi connectivity index (χ4n) is 3.14. The highest BCUT2D eigenvalue weighted by molar-refractivity contribution is 5.94. The van der Waals surface area contributed by atoms with Gasteiger partial charge in [-0.05, 0) is 31.5 Å². The molecule has 2 unspecified atom stereocenters.